The Labute approximate surface area is 349 Å². The van der Waals surface area contributed by atoms with Crippen LogP contribution in [0.1, 0.15) is 94.7 Å². The van der Waals surface area contributed by atoms with Crippen LogP contribution in [0.2, 0.25) is 0 Å². The first kappa shape index (κ1) is 43.8. The molecule has 2 atom stereocenters. The van der Waals surface area contributed by atoms with Crippen LogP contribution in [0.15, 0.2) is 34.3 Å². The Morgan fingerprint density at radius 1 is 0.737 bits per heavy atom. The number of rotatable bonds is 7. The molecule has 4 aliphatic rings. The second-order valence-corrected chi connectivity index (χ2v) is 17.8. The van der Waals surface area contributed by atoms with Gasteiger partial charge >= 0.3 is 18.2 Å². The first-order chi connectivity index (χ1) is 26.7. The van der Waals surface area contributed by atoms with Crippen molar-refractivity contribution in [3.63, 3.8) is 0 Å². The number of nitrogens with zero attached hydrogens (tertiary/aromatic N) is 4. The SMILES string of the molecule is CC(=O)OCc1cc2c(cc1NC(=O)C1CCN(C(=O)OC(C)(C)C)C1)C(Br)=NC2.CC(C)(C)OC(=O)N1CCC(C(=O)Nc2cc3c(cc2CO)CN=C3Br)C1. The van der Waals surface area contributed by atoms with Crippen molar-refractivity contribution in [2.75, 3.05) is 36.8 Å². The van der Waals surface area contributed by atoms with E-state index < -0.39 is 29.4 Å². The number of likely N-dealkylation sites (tertiary alicyclic amines) is 2. The molecule has 2 saturated heterocycles. The van der Waals surface area contributed by atoms with Crippen LogP contribution in [0.5, 0.6) is 0 Å². The van der Waals surface area contributed by atoms with Crippen LogP contribution in [0.25, 0.3) is 0 Å². The molecule has 0 saturated carbocycles. The second kappa shape index (κ2) is 18.1. The highest BCUT2D eigenvalue weighted by atomic mass is 79.9. The number of fused-ring (bicyclic) bond motifs is 2. The van der Waals surface area contributed by atoms with Gasteiger partial charge in [0.25, 0.3) is 0 Å². The molecule has 6 rings (SSSR count). The van der Waals surface area contributed by atoms with E-state index in [1.165, 1.54) is 6.92 Å². The van der Waals surface area contributed by atoms with Crippen LogP contribution in [0.4, 0.5) is 21.0 Å². The summed E-state index contributed by atoms with van der Waals surface area (Å²) in [6.07, 6.45) is 0.327. The van der Waals surface area contributed by atoms with Crippen molar-refractivity contribution in [3.8, 4) is 0 Å². The summed E-state index contributed by atoms with van der Waals surface area (Å²) in [5.41, 5.74) is 5.20. The molecule has 0 aliphatic carbocycles. The lowest BCUT2D eigenvalue weighted by molar-refractivity contribution is -0.142. The van der Waals surface area contributed by atoms with Gasteiger partial charge < -0.3 is 39.8 Å². The van der Waals surface area contributed by atoms with Crippen molar-refractivity contribution in [2.45, 2.75) is 98.8 Å². The van der Waals surface area contributed by atoms with Crippen LogP contribution in [0, 0.1) is 11.8 Å². The van der Waals surface area contributed by atoms with Gasteiger partial charge in [-0.3, -0.25) is 24.4 Å². The quantitative estimate of drug-likeness (QED) is 0.202. The normalized spacial score (nSPS) is 18.4. The Hall–Kier alpha value is -4.35. The molecule has 0 radical (unpaired) electrons. The average molecular weight is 919 g/mol. The summed E-state index contributed by atoms with van der Waals surface area (Å²) in [6, 6.07) is 7.44. The van der Waals surface area contributed by atoms with Gasteiger partial charge in [-0.2, -0.15) is 0 Å². The molecule has 4 aliphatic heterocycles. The molecule has 308 valence electrons. The maximum atomic E-state index is 12.9. The summed E-state index contributed by atoms with van der Waals surface area (Å²) in [6.45, 7) is 14.8. The van der Waals surface area contributed by atoms with Crippen molar-refractivity contribution < 1.29 is 43.3 Å². The van der Waals surface area contributed by atoms with Crippen molar-refractivity contribution >= 4 is 82.4 Å². The molecule has 17 heteroatoms. The molecular weight excluding hydrogens is 868 g/mol. The summed E-state index contributed by atoms with van der Waals surface area (Å²) in [7, 11) is 0. The topological polar surface area (TPSA) is 189 Å². The zero-order valence-electron chi connectivity index (χ0n) is 33.3. The fourth-order valence-corrected chi connectivity index (χ4v) is 7.57. The predicted octanol–water partition coefficient (Wildman–Crippen LogP) is 6.63. The Morgan fingerprint density at radius 2 is 1.16 bits per heavy atom. The number of hydrogen-bond donors (Lipinski definition) is 3. The number of anilines is 2. The van der Waals surface area contributed by atoms with Crippen LogP contribution < -0.4 is 10.6 Å². The first-order valence-corrected chi connectivity index (χ1v) is 20.3. The van der Waals surface area contributed by atoms with Gasteiger partial charge in [0.05, 0.1) is 31.5 Å². The highest BCUT2D eigenvalue weighted by Gasteiger charge is 2.35. The number of carbonyl (C=O) groups is 5. The highest BCUT2D eigenvalue weighted by Crippen LogP contribution is 2.32. The zero-order valence-corrected chi connectivity index (χ0v) is 36.5. The number of aliphatic hydroxyl groups is 1. The smallest absolute Gasteiger partial charge is 0.410 e. The maximum absolute atomic E-state index is 12.9. The van der Waals surface area contributed by atoms with Gasteiger partial charge in [0.15, 0.2) is 0 Å². The molecule has 4 amide bonds. The van der Waals surface area contributed by atoms with E-state index in [0.717, 1.165) is 31.5 Å². The molecule has 0 bridgehead atoms. The Balaban J connectivity index is 0.000000219. The lowest BCUT2D eigenvalue weighted by Crippen LogP contribution is -2.36. The Morgan fingerprint density at radius 3 is 1.56 bits per heavy atom. The first-order valence-electron chi connectivity index (χ1n) is 18.7. The minimum absolute atomic E-state index is 0.0601. The number of amides is 4. The number of carbonyl (C=O) groups excluding carboxylic acids is 5. The molecule has 15 nitrogen and oxygen atoms in total. The number of aliphatic hydroxyl groups excluding tert-OH is 1. The van der Waals surface area contributed by atoms with E-state index in [2.05, 4.69) is 52.5 Å². The Kier molecular flexibility index (Phi) is 13.9. The van der Waals surface area contributed by atoms with E-state index >= 15 is 0 Å². The van der Waals surface area contributed by atoms with E-state index in [9.17, 15) is 29.1 Å². The largest absolute Gasteiger partial charge is 0.461 e. The number of hydrogen-bond acceptors (Lipinski definition) is 11. The van der Waals surface area contributed by atoms with E-state index in [0.29, 0.717) is 74.6 Å². The van der Waals surface area contributed by atoms with E-state index in [4.69, 9.17) is 14.2 Å². The fourth-order valence-electron chi connectivity index (χ4n) is 6.58. The van der Waals surface area contributed by atoms with Crippen molar-refractivity contribution in [1.82, 2.24) is 9.80 Å². The number of benzene rings is 2. The maximum Gasteiger partial charge on any atom is 0.410 e. The standard InChI is InChI=1S/C21H26BrN3O5.C19H24BrN3O4/c1-12(26)29-11-15-7-14-9-23-18(22)16(14)8-17(15)24-19(27)13-5-6-25(10-13)20(28)30-21(2,3)4;1-19(2,3)27-18(26)23-5-4-11(9-23)17(25)22-15-7-14-12(6-13(15)10-24)8-21-16(14)20/h7-8,13H,5-6,9-11H2,1-4H3,(H,24,27);6-7,11,24H,4-5,8-10H2,1-3H3,(H,22,25). The lowest BCUT2D eigenvalue weighted by Gasteiger charge is -2.24. The third kappa shape index (κ3) is 11.6. The molecule has 2 fully saturated rings. The lowest BCUT2D eigenvalue weighted by atomic mass is 10.0. The number of ether oxygens (including phenoxy) is 3. The van der Waals surface area contributed by atoms with Gasteiger partial charge in [-0.15, -0.1) is 0 Å². The Bertz CT molecular complexity index is 1990. The monoisotopic (exact) mass is 916 g/mol. The van der Waals surface area contributed by atoms with Gasteiger partial charge in [-0.25, -0.2) is 9.59 Å². The second-order valence-electron chi connectivity index (χ2n) is 16.3. The predicted molar refractivity (Wildman–Crippen MR) is 222 cm³/mol. The molecule has 3 N–H and O–H groups in total. The molecule has 2 unspecified atom stereocenters. The van der Waals surface area contributed by atoms with Crippen molar-refractivity contribution in [2.24, 2.45) is 21.8 Å². The van der Waals surface area contributed by atoms with Crippen LogP contribution in [-0.2, 0) is 54.9 Å². The molecule has 2 aromatic carbocycles. The van der Waals surface area contributed by atoms with Crippen molar-refractivity contribution in [1.29, 1.82) is 0 Å². The number of nitrogens with one attached hydrogen (secondary N) is 2. The summed E-state index contributed by atoms with van der Waals surface area (Å²) in [4.78, 5) is 73.1. The molecule has 57 heavy (non-hydrogen) atoms. The molecule has 0 spiro atoms. The molecular formula is C40H50Br2N6O9. The number of halogens is 2. The van der Waals surface area contributed by atoms with Crippen LogP contribution in [0.3, 0.4) is 0 Å². The summed E-state index contributed by atoms with van der Waals surface area (Å²) in [5, 5.41) is 15.5. The number of esters is 1. The van der Waals surface area contributed by atoms with Gasteiger partial charge in [0, 0.05) is 66.7 Å². The van der Waals surface area contributed by atoms with Gasteiger partial charge in [-0.1, -0.05) is 0 Å². The number of aliphatic imine (C=N–C) groups is 2. The van der Waals surface area contributed by atoms with E-state index in [1.807, 2.05) is 65.8 Å². The van der Waals surface area contributed by atoms with Crippen molar-refractivity contribution in [3.05, 3.63) is 57.6 Å². The van der Waals surface area contributed by atoms with E-state index in [-0.39, 0.29) is 36.9 Å². The average Bonchev–Trinajstić information content (AvgIpc) is 3.94. The fraction of sp³-hybridized carbons (Fsp3) is 0.525. The zero-order chi connectivity index (χ0) is 41.8. The molecule has 2 aromatic rings. The van der Waals surface area contributed by atoms with E-state index in [1.54, 1.807) is 9.80 Å². The minimum Gasteiger partial charge on any atom is -0.461 e. The third-order valence-electron chi connectivity index (χ3n) is 9.42. The van der Waals surface area contributed by atoms with Gasteiger partial charge in [0.1, 0.15) is 27.1 Å². The summed E-state index contributed by atoms with van der Waals surface area (Å²) in [5.74, 6) is -1.40. The molecule has 4 heterocycles. The van der Waals surface area contributed by atoms with Crippen LogP contribution >= 0.6 is 31.9 Å². The highest BCUT2D eigenvalue weighted by molar-refractivity contribution is 9.18. The van der Waals surface area contributed by atoms with Gasteiger partial charge in [-0.05, 0) is 122 Å². The van der Waals surface area contributed by atoms with Crippen LogP contribution in [-0.4, -0.2) is 91.5 Å². The summed E-state index contributed by atoms with van der Waals surface area (Å²) >= 11 is 6.85. The summed E-state index contributed by atoms with van der Waals surface area (Å²) < 4.78 is 17.4. The van der Waals surface area contributed by atoms with Gasteiger partial charge in [0.2, 0.25) is 11.8 Å². The molecule has 0 aromatic heterocycles. The third-order valence-corrected chi connectivity index (χ3v) is 10.8. The minimum atomic E-state index is -0.581.